The van der Waals surface area contributed by atoms with Crippen molar-refractivity contribution in [2.45, 2.75) is 26.2 Å². The van der Waals surface area contributed by atoms with Crippen LogP contribution in [0.25, 0.3) is 33.5 Å². The first-order valence-corrected chi connectivity index (χ1v) is 14.1. The van der Waals surface area contributed by atoms with Crippen molar-refractivity contribution in [2.24, 2.45) is 5.92 Å². The third-order valence-electron chi connectivity index (χ3n) is 7.67. The van der Waals surface area contributed by atoms with E-state index in [4.69, 9.17) is 14.5 Å². The van der Waals surface area contributed by atoms with E-state index >= 15 is 0 Å². The van der Waals surface area contributed by atoms with Gasteiger partial charge < -0.3 is 29.6 Å². The van der Waals surface area contributed by atoms with Gasteiger partial charge in [0, 0.05) is 49.4 Å². The van der Waals surface area contributed by atoms with Crippen molar-refractivity contribution < 1.29 is 19.1 Å². The van der Waals surface area contributed by atoms with Gasteiger partial charge in [-0.05, 0) is 55.2 Å². The van der Waals surface area contributed by atoms with E-state index in [0.717, 1.165) is 73.2 Å². The van der Waals surface area contributed by atoms with Crippen LogP contribution in [0, 0.1) is 5.92 Å². The molecule has 0 spiro atoms. The second kappa shape index (κ2) is 11.5. The number of benzene rings is 2. The number of amides is 2. The fourth-order valence-corrected chi connectivity index (χ4v) is 5.25. The lowest BCUT2D eigenvalue weighted by Crippen LogP contribution is -2.51. The van der Waals surface area contributed by atoms with Crippen LogP contribution in [0.3, 0.4) is 0 Å². The Labute approximate surface area is 232 Å². The van der Waals surface area contributed by atoms with Crippen LogP contribution >= 0.6 is 0 Å². The summed E-state index contributed by atoms with van der Waals surface area (Å²) in [7, 11) is 0. The van der Waals surface area contributed by atoms with Gasteiger partial charge in [0.1, 0.15) is 5.69 Å². The molecule has 2 fully saturated rings. The van der Waals surface area contributed by atoms with E-state index in [1.165, 1.54) is 0 Å². The summed E-state index contributed by atoms with van der Waals surface area (Å²) in [5.74, 6) is 0.892. The zero-order valence-corrected chi connectivity index (χ0v) is 22.7. The maximum absolute atomic E-state index is 12.9. The highest BCUT2D eigenvalue weighted by Gasteiger charge is 2.31. The number of morpholine rings is 1. The van der Waals surface area contributed by atoms with Crippen LogP contribution in [0.1, 0.15) is 36.5 Å². The number of aromatic nitrogens is 4. The summed E-state index contributed by atoms with van der Waals surface area (Å²) in [5.41, 5.74) is 5.01. The van der Waals surface area contributed by atoms with E-state index in [1.807, 2.05) is 18.2 Å². The van der Waals surface area contributed by atoms with Crippen molar-refractivity contribution in [3.63, 3.8) is 0 Å². The number of carbonyl (C=O) groups is 2. The number of nitrogens with one attached hydrogen (secondary N) is 3. The van der Waals surface area contributed by atoms with Crippen molar-refractivity contribution in [1.29, 1.82) is 0 Å². The summed E-state index contributed by atoms with van der Waals surface area (Å²) in [6.07, 6.45) is 2.46. The molecular weight excluding hydrogens is 510 g/mol. The highest BCUT2D eigenvalue weighted by Crippen LogP contribution is 2.29. The summed E-state index contributed by atoms with van der Waals surface area (Å²) in [6, 6.07) is 11.7. The number of H-pyrrole nitrogens is 2. The van der Waals surface area contributed by atoms with Crippen LogP contribution in [0.15, 0.2) is 36.4 Å². The Balaban J connectivity index is 1.08. The molecule has 6 rings (SSSR count). The Bertz CT molecular complexity index is 1500. The standard InChI is InChI=1S/C29H35N7O4/c1-2-3-12-40-29(38)36-17-19(18-36)8-9-30-28(37)20-4-6-23-22(15-20)26(34-33-23)27-31-24-7-5-21(16-25(24)32-27)35-10-13-39-14-11-35/h4-7,15-16,19H,2-3,8-14,17-18H2,1H3,(H,30,37)(H,31,32)(H,33,34). The number of ether oxygens (including phenoxy) is 2. The maximum Gasteiger partial charge on any atom is 0.409 e. The van der Waals surface area contributed by atoms with Gasteiger partial charge in [0.15, 0.2) is 5.82 Å². The first-order chi connectivity index (χ1) is 19.6. The van der Waals surface area contributed by atoms with Crippen LogP contribution in [-0.4, -0.2) is 89.6 Å². The number of carbonyl (C=O) groups excluding carboxylic acids is 2. The molecule has 40 heavy (non-hydrogen) atoms. The highest BCUT2D eigenvalue weighted by molar-refractivity contribution is 6.01. The minimum atomic E-state index is -0.236. The molecule has 11 heteroatoms. The molecule has 2 saturated heterocycles. The molecule has 0 unspecified atom stereocenters. The topological polar surface area (TPSA) is 128 Å². The molecule has 3 N–H and O–H groups in total. The average Bonchev–Trinajstić information content (AvgIpc) is 3.57. The zero-order valence-electron chi connectivity index (χ0n) is 22.7. The van der Waals surface area contributed by atoms with E-state index in [2.05, 4.69) is 44.5 Å². The van der Waals surface area contributed by atoms with Gasteiger partial charge in [0.25, 0.3) is 5.91 Å². The fourth-order valence-electron chi connectivity index (χ4n) is 5.25. The van der Waals surface area contributed by atoms with E-state index in [1.54, 1.807) is 11.0 Å². The number of unbranched alkanes of at least 4 members (excludes halogenated alkanes) is 1. The Morgan fingerprint density at radius 1 is 1.12 bits per heavy atom. The third-order valence-corrected chi connectivity index (χ3v) is 7.67. The average molecular weight is 546 g/mol. The largest absolute Gasteiger partial charge is 0.449 e. The van der Waals surface area contributed by atoms with Crippen LogP contribution in [-0.2, 0) is 9.47 Å². The summed E-state index contributed by atoms with van der Waals surface area (Å²) in [4.78, 5) is 37.1. The molecule has 2 aliphatic heterocycles. The Kier molecular flexibility index (Phi) is 7.54. The number of aromatic amines is 2. The van der Waals surface area contributed by atoms with Crippen molar-refractivity contribution in [3.05, 3.63) is 42.0 Å². The molecule has 4 heterocycles. The van der Waals surface area contributed by atoms with Gasteiger partial charge in [-0.3, -0.25) is 9.89 Å². The molecule has 0 radical (unpaired) electrons. The molecule has 0 bridgehead atoms. The number of hydrogen-bond donors (Lipinski definition) is 3. The van der Waals surface area contributed by atoms with Gasteiger partial charge in [-0.1, -0.05) is 13.3 Å². The number of imidazole rings is 1. The highest BCUT2D eigenvalue weighted by atomic mass is 16.6. The predicted molar refractivity (Wildman–Crippen MR) is 152 cm³/mol. The van der Waals surface area contributed by atoms with Gasteiger partial charge in [0.2, 0.25) is 0 Å². The van der Waals surface area contributed by atoms with E-state index in [9.17, 15) is 9.59 Å². The summed E-state index contributed by atoms with van der Waals surface area (Å²) in [6.45, 7) is 7.65. The van der Waals surface area contributed by atoms with Crippen molar-refractivity contribution in [1.82, 2.24) is 30.4 Å². The molecule has 0 saturated carbocycles. The fraction of sp³-hybridized carbons (Fsp3) is 0.448. The molecule has 2 aliphatic rings. The van der Waals surface area contributed by atoms with E-state index in [-0.39, 0.29) is 12.0 Å². The number of hydrogen-bond acceptors (Lipinski definition) is 7. The monoisotopic (exact) mass is 545 g/mol. The molecule has 2 aromatic carbocycles. The second-order valence-electron chi connectivity index (χ2n) is 10.5. The van der Waals surface area contributed by atoms with Gasteiger partial charge in [-0.25, -0.2) is 9.78 Å². The lowest BCUT2D eigenvalue weighted by Gasteiger charge is -2.38. The number of likely N-dealkylation sites (tertiary alicyclic amines) is 1. The van der Waals surface area contributed by atoms with Crippen LogP contribution in [0.4, 0.5) is 10.5 Å². The minimum Gasteiger partial charge on any atom is -0.449 e. The zero-order chi connectivity index (χ0) is 27.5. The lowest BCUT2D eigenvalue weighted by atomic mass is 9.97. The van der Waals surface area contributed by atoms with Crippen molar-refractivity contribution in [2.75, 3.05) is 57.4 Å². The van der Waals surface area contributed by atoms with Crippen LogP contribution < -0.4 is 10.2 Å². The quantitative estimate of drug-likeness (QED) is 0.272. The molecule has 210 valence electrons. The molecule has 0 atom stereocenters. The van der Waals surface area contributed by atoms with Gasteiger partial charge >= 0.3 is 6.09 Å². The maximum atomic E-state index is 12.9. The molecular formula is C29H35N7O4. The summed E-state index contributed by atoms with van der Waals surface area (Å²) < 4.78 is 10.7. The number of rotatable bonds is 9. The van der Waals surface area contributed by atoms with Gasteiger partial charge in [-0.2, -0.15) is 5.10 Å². The first kappa shape index (κ1) is 26.1. The first-order valence-electron chi connectivity index (χ1n) is 14.1. The smallest absolute Gasteiger partial charge is 0.409 e. The van der Waals surface area contributed by atoms with Crippen molar-refractivity contribution >= 4 is 39.6 Å². The number of anilines is 1. The van der Waals surface area contributed by atoms with E-state index in [0.29, 0.717) is 49.2 Å². The van der Waals surface area contributed by atoms with Gasteiger partial charge in [0.05, 0.1) is 36.4 Å². The lowest BCUT2D eigenvalue weighted by molar-refractivity contribution is 0.0505. The summed E-state index contributed by atoms with van der Waals surface area (Å²) >= 11 is 0. The SMILES string of the molecule is CCCCOC(=O)N1CC(CCNC(=O)c2ccc3[nH]nc(-c4nc5ccc(N6CCOCC6)cc5[nH]4)c3c2)C1. The second-order valence-corrected chi connectivity index (χ2v) is 10.5. The molecule has 2 amide bonds. The molecule has 2 aromatic heterocycles. The molecule has 11 nitrogen and oxygen atoms in total. The predicted octanol–water partition coefficient (Wildman–Crippen LogP) is 3.93. The van der Waals surface area contributed by atoms with Crippen molar-refractivity contribution in [3.8, 4) is 11.5 Å². The van der Waals surface area contributed by atoms with Crippen LogP contribution in [0.2, 0.25) is 0 Å². The minimum absolute atomic E-state index is 0.135. The number of nitrogens with zero attached hydrogens (tertiary/aromatic N) is 4. The van der Waals surface area contributed by atoms with Gasteiger partial charge in [-0.15, -0.1) is 0 Å². The normalized spacial score (nSPS) is 15.9. The van der Waals surface area contributed by atoms with E-state index < -0.39 is 0 Å². The number of fused-ring (bicyclic) bond motifs is 2. The molecule has 0 aliphatic carbocycles. The summed E-state index contributed by atoms with van der Waals surface area (Å²) in [5, 5.41) is 11.4. The Morgan fingerprint density at radius 3 is 2.80 bits per heavy atom. The Hall–Kier alpha value is -4.12. The van der Waals surface area contributed by atoms with Crippen LogP contribution in [0.5, 0.6) is 0 Å². The Morgan fingerprint density at radius 2 is 1.98 bits per heavy atom. The third kappa shape index (κ3) is 5.46. The molecule has 4 aromatic rings.